The van der Waals surface area contributed by atoms with Crippen molar-refractivity contribution in [3.63, 3.8) is 0 Å². The first-order chi connectivity index (χ1) is 2.00. The van der Waals surface area contributed by atoms with Crippen LogP contribution in [0.15, 0.2) is 0 Å². The predicted molar refractivity (Wildman–Crippen MR) is 25.8 cm³/mol. The average molecular weight is 358 g/mol. The van der Waals surface area contributed by atoms with Crippen molar-refractivity contribution in [1.82, 2.24) is 0 Å². The molecule has 0 atom stereocenters. The van der Waals surface area contributed by atoms with Crippen LogP contribution in [0.1, 0.15) is 0 Å². The van der Waals surface area contributed by atoms with E-state index >= 15 is 0 Å². The smallest absolute Gasteiger partial charge is 2.00 e. The van der Waals surface area contributed by atoms with E-state index in [0.29, 0.717) is 0 Å². The minimum absolute atomic E-state index is 0. The van der Waals surface area contributed by atoms with Crippen molar-refractivity contribution in [2.45, 2.75) is 0 Å². The quantitative estimate of drug-likeness (QED) is 0.438. The van der Waals surface area contributed by atoms with E-state index in [1.807, 2.05) is 28.5 Å². The van der Waals surface area contributed by atoms with Crippen LogP contribution in [0.3, 0.4) is 0 Å². The summed E-state index contributed by atoms with van der Waals surface area (Å²) in [5.74, 6) is 0. The third kappa shape index (κ3) is 20.1. The van der Waals surface area contributed by atoms with Crippen LogP contribution < -0.4 is 0 Å². The normalized spacial score (nSPS) is 1.60. The Morgan fingerprint density at radius 2 is 0.800 bits per heavy atom. The first-order valence-corrected chi connectivity index (χ1v) is 12.1. The number of rotatable bonds is 0. The topological polar surface area (TPSA) is 0 Å². The van der Waals surface area contributed by atoms with Crippen molar-refractivity contribution >= 4 is 57.0 Å². The summed E-state index contributed by atoms with van der Waals surface area (Å²) >= 11 is 8.50. The molecule has 0 spiro atoms. The molecule has 0 N–H and O–H groups in total. The fraction of sp³-hybridized carbons (Fsp3) is 0. The third-order valence-electron chi connectivity index (χ3n) is 0. The first kappa shape index (κ1) is 15.7. The molecule has 0 aromatic carbocycles. The van der Waals surface area contributed by atoms with Gasteiger partial charge in [-0.05, 0) is 0 Å². The Morgan fingerprint density at radius 1 is 0.800 bits per heavy atom. The molecule has 0 aromatic rings. The second-order valence-electron chi connectivity index (χ2n) is 0. The van der Waals surface area contributed by atoms with Crippen molar-refractivity contribution in [1.29, 1.82) is 0 Å². The molecule has 0 unspecified atom stereocenters. The van der Waals surface area contributed by atoms with Crippen LogP contribution >= 0.6 is 0 Å². The van der Waals surface area contributed by atoms with Gasteiger partial charge in [-0.1, -0.05) is 0 Å². The zero-order valence-corrected chi connectivity index (χ0v) is 11.3. The molecular weight excluding hydrogens is 356 g/mol. The van der Waals surface area contributed by atoms with Crippen molar-refractivity contribution in [3.8, 4) is 0 Å². The second-order valence-corrected chi connectivity index (χ2v) is 0. The predicted octanol–water partition coefficient (Wildman–Crippen LogP) is -2.06. The molecule has 0 saturated heterocycles. The molecule has 0 fully saturated rings. The first-order valence-electron chi connectivity index (χ1n) is 0.447. The molecule has 0 nitrogen and oxygen atoms in total. The van der Waals surface area contributed by atoms with Gasteiger partial charge in [0.25, 0.3) is 0 Å². The summed E-state index contributed by atoms with van der Waals surface area (Å²) in [7, 11) is 0. The summed E-state index contributed by atoms with van der Waals surface area (Å²) in [6.45, 7) is 0. The molecule has 0 aliphatic heterocycles. The molecule has 0 amide bonds. The maximum atomic E-state index is 2.31. The molecule has 0 heterocycles. The van der Waals surface area contributed by atoms with Crippen LogP contribution in [0.2, 0.25) is 0 Å². The average Bonchev–Trinajstić information content (AvgIpc) is 1.50. The Labute approximate surface area is 72.8 Å². The molecule has 0 bridgehead atoms. The summed E-state index contributed by atoms with van der Waals surface area (Å²) < 4.78 is 0. The van der Waals surface area contributed by atoms with E-state index in [-0.39, 0.29) is 17.1 Å². The van der Waals surface area contributed by atoms with Crippen LogP contribution in [0, 0.1) is 0 Å². The Kier molecular flexibility index (Phi) is 92.3. The Bertz CT molecular complexity index is 5.61. The van der Waals surface area contributed by atoms with E-state index in [4.69, 9.17) is 0 Å². The summed E-state index contributed by atoms with van der Waals surface area (Å²) in [5, 5.41) is 0. The van der Waals surface area contributed by atoms with Gasteiger partial charge in [0, 0.05) is 0 Å². The van der Waals surface area contributed by atoms with Crippen LogP contribution in [0.4, 0.5) is 0 Å². The Hall–Kier alpha value is 2.75. The minimum atomic E-state index is 0. The fourth-order valence-corrected chi connectivity index (χ4v) is 0. The fourth-order valence-electron chi connectivity index (χ4n) is 0. The largest absolute Gasteiger partial charge is 2.00 e. The van der Waals surface area contributed by atoms with Crippen LogP contribution in [0.25, 0.3) is 0 Å². The summed E-state index contributed by atoms with van der Waals surface area (Å²) in [5.41, 5.74) is 0. The summed E-state index contributed by atoms with van der Waals surface area (Å²) in [6.07, 6.45) is 0. The van der Waals surface area contributed by atoms with E-state index < -0.39 is 0 Å². The maximum Gasteiger partial charge on any atom is 2.00 e. The van der Waals surface area contributed by atoms with Crippen molar-refractivity contribution in [2.24, 2.45) is 0 Å². The zero-order valence-electron chi connectivity index (χ0n) is 2.25. The Morgan fingerprint density at radius 3 is 0.800 bits per heavy atom. The monoisotopic (exact) mass is 358 g/mol. The van der Waals surface area contributed by atoms with E-state index in [9.17, 15) is 0 Å². The number of hydrogen-bond donors (Lipinski definition) is 0. The minimum Gasteiger partial charge on any atom is 2.00 e. The van der Waals surface area contributed by atoms with E-state index in [1.165, 1.54) is 0 Å². The maximum absolute atomic E-state index is 2.31. The standard InChI is InChI=1S/2As2H.Fe/c2*1-2;/h2*1H;/q2*-1;+2. The van der Waals surface area contributed by atoms with Crippen molar-refractivity contribution < 1.29 is 17.1 Å². The van der Waals surface area contributed by atoms with Gasteiger partial charge in [0.05, 0.1) is 0 Å². The van der Waals surface area contributed by atoms with Gasteiger partial charge in [0.1, 0.15) is 0 Å². The van der Waals surface area contributed by atoms with Gasteiger partial charge in [-0.2, -0.15) is 0 Å². The van der Waals surface area contributed by atoms with Gasteiger partial charge in [0.15, 0.2) is 0 Å². The molecule has 30 valence electrons. The van der Waals surface area contributed by atoms with Gasteiger partial charge in [-0.3, -0.25) is 0 Å². The van der Waals surface area contributed by atoms with E-state index in [2.05, 4.69) is 28.5 Å². The molecule has 5 heavy (non-hydrogen) atoms. The molecule has 0 rings (SSSR count). The molecule has 0 saturated carbocycles. The van der Waals surface area contributed by atoms with E-state index in [0.717, 1.165) is 0 Å². The summed E-state index contributed by atoms with van der Waals surface area (Å²) in [6, 6.07) is 0. The van der Waals surface area contributed by atoms with Crippen LogP contribution in [-0.2, 0) is 17.1 Å². The molecule has 0 aliphatic rings. The Balaban J connectivity index is -0.0000000133. The molecule has 0 aliphatic carbocycles. The van der Waals surface area contributed by atoms with Gasteiger partial charge in [-0.15, -0.1) is 0 Å². The molecule has 0 aromatic heterocycles. The SMILES string of the molecule is [As-]=[AsH].[As-]=[AsH].[Fe+2]. The summed E-state index contributed by atoms with van der Waals surface area (Å²) in [4.78, 5) is 0. The molecule has 0 radical (unpaired) electrons. The molecule has 5 heteroatoms. The van der Waals surface area contributed by atoms with Crippen molar-refractivity contribution in [2.75, 3.05) is 0 Å². The zero-order chi connectivity index (χ0) is 4.00. The van der Waals surface area contributed by atoms with Crippen LogP contribution in [0.5, 0.6) is 0 Å². The van der Waals surface area contributed by atoms with Gasteiger partial charge >= 0.3 is 74.0 Å². The number of hydrogen-bond acceptors (Lipinski definition) is 0. The van der Waals surface area contributed by atoms with E-state index in [1.54, 1.807) is 0 Å². The van der Waals surface area contributed by atoms with Crippen molar-refractivity contribution in [3.05, 3.63) is 0 Å². The van der Waals surface area contributed by atoms with Crippen LogP contribution in [-0.4, -0.2) is 57.0 Å². The third-order valence-corrected chi connectivity index (χ3v) is 0. The second kappa shape index (κ2) is 29.5. The van der Waals surface area contributed by atoms with Gasteiger partial charge in [0.2, 0.25) is 0 Å². The molecular formula is H2As4Fe. The van der Waals surface area contributed by atoms with Gasteiger partial charge in [-0.25, -0.2) is 0 Å². The van der Waals surface area contributed by atoms with Gasteiger partial charge < -0.3 is 0 Å².